The number of hydrogen-bond acceptors (Lipinski definition) is 4. The maximum Gasteiger partial charge on any atom is 0.223 e. The molecule has 2 fully saturated rings. The summed E-state index contributed by atoms with van der Waals surface area (Å²) in [7, 11) is 2.10. The summed E-state index contributed by atoms with van der Waals surface area (Å²) in [4.78, 5) is 16.2. The summed E-state index contributed by atoms with van der Waals surface area (Å²) in [5.74, 6) is 0.281. The van der Waals surface area contributed by atoms with Crippen LogP contribution in [0.2, 0.25) is 0 Å². The van der Waals surface area contributed by atoms with Crippen LogP contribution in [0.15, 0.2) is 0 Å². The molecule has 5 nitrogen and oxygen atoms in total. The highest BCUT2D eigenvalue weighted by molar-refractivity contribution is 5.76. The third-order valence-electron chi connectivity index (χ3n) is 3.77. The summed E-state index contributed by atoms with van der Waals surface area (Å²) in [6.45, 7) is 6.29. The molecule has 0 saturated carbocycles. The molecule has 5 heteroatoms. The van der Waals surface area contributed by atoms with Gasteiger partial charge in [-0.2, -0.15) is 0 Å². The number of piperazine rings is 1. The van der Waals surface area contributed by atoms with E-state index in [1.807, 2.05) is 4.90 Å². The van der Waals surface area contributed by atoms with Crippen LogP contribution in [0.1, 0.15) is 19.3 Å². The van der Waals surface area contributed by atoms with Crippen molar-refractivity contribution in [1.82, 2.24) is 15.1 Å². The van der Waals surface area contributed by atoms with Crippen molar-refractivity contribution in [2.24, 2.45) is 0 Å². The maximum atomic E-state index is 11.9. The second kappa shape index (κ2) is 7.07. The van der Waals surface area contributed by atoms with Gasteiger partial charge in [-0.05, 0) is 19.9 Å². The van der Waals surface area contributed by atoms with Crippen molar-refractivity contribution in [1.29, 1.82) is 0 Å². The third-order valence-corrected chi connectivity index (χ3v) is 3.77. The van der Waals surface area contributed by atoms with Gasteiger partial charge in [-0.3, -0.25) is 4.79 Å². The Bertz CT molecular complexity index is 259. The zero-order valence-corrected chi connectivity index (χ0v) is 11.4. The maximum absolute atomic E-state index is 11.9. The molecule has 0 aromatic rings. The number of amides is 1. The van der Waals surface area contributed by atoms with E-state index in [4.69, 9.17) is 4.74 Å². The monoisotopic (exact) mass is 255 g/mol. The SMILES string of the molecule is CN1CCN(C(=O)CCNCC2CCCO2)CC1. The van der Waals surface area contributed by atoms with E-state index in [0.717, 1.165) is 52.3 Å². The van der Waals surface area contributed by atoms with Crippen LogP contribution in [0.25, 0.3) is 0 Å². The largest absolute Gasteiger partial charge is 0.377 e. The molecule has 0 radical (unpaired) electrons. The molecule has 2 aliphatic rings. The lowest BCUT2D eigenvalue weighted by Crippen LogP contribution is -2.47. The Morgan fingerprint density at radius 3 is 2.78 bits per heavy atom. The van der Waals surface area contributed by atoms with Crippen molar-refractivity contribution >= 4 is 5.91 Å². The van der Waals surface area contributed by atoms with Crippen molar-refractivity contribution in [2.75, 3.05) is 52.9 Å². The Kier molecular flexibility index (Phi) is 5.41. The van der Waals surface area contributed by atoms with Crippen LogP contribution in [0.5, 0.6) is 0 Å². The lowest BCUT2D eigenvalue weighted by molar-refractivity contribution is -0.132. The number of carbonyl (C=O) groups excluding carboxylic acids is 1. The van der Waals surface area contributed by atoms with E-state index in [-0.39, 0.29) is 5.91 Å². The molecule has 1 unspecified atom stereocenters. The molecule has 18 heavy (non-hydrogen) atoms. The lowest BCUT2D eigenvalue weighted by Gasteiger charge is -2.32. The molecule has 0 bridgehead atoms. The first-order chi connectivity index (χ1) is 8.75. The molecule has 0 spiro atoms. The third kappa shape index (κ3) is 4.23. The number of nitrogens with zero attached hydrogens (tertiary/aromatic N) is 2. The molecule has 1 N–H and O–H groups in total. The Morgan fingerprint density at radius 2 is 2.11 bits per heavy atom. The van der Waals surface area contributed by atoms with Crippen molar-refractivity contribution in [3.8, 4) is 0 Å². The van der Waals surface area contributed by atoms with E-state index >= 15 is 0 Å². The average Bonchev–Trinajstić information content (AvgIpc) is 2.88. The van der Waals surface area contributed by atoms with Crippen molar-refractivity contribution < 1.29 is 9.53 Å². The second-order valence-corrected chi connectivity index (χ2v) is 5.27. The fraction of sp³-hybridized carbons (Fsp3) is 0.923. The number of likely N-dealkylation sites (N-methyl/N-ethyl adjacent to an activating group) is 1. The first-order valence-corrected chi connectivity index (χ1v) is 7.04. The topological polar surface area (TPSA) is 44.8 Å². The summed E-state index contributed by atoms with van der Waals surface area (Å²) in [6.07, 6.45) is 3.30. The molecule has 2 heterocycles. The zero-order chi connectivity index (χ0) is 12.8. The first-order valence-electron chi connectivity index (χ1n) is 7.04. The van der Waals surface area contributed by atoms with Gasteiger partial charge in [0.15, 0.2) is 0 Å². The van der Waals surface area contributed by atoms with Gasteiger partial charge in [0.25, 0.3) is 0 Å². The van der Waals surface area contributed by atoms with Crippen LogP contribution in [0.3, 0.4) is 0 Å². The minimum Gasteiger partial charge on any atom is -0.377 e. The van der Waals surface area contributed by atoms with Gasteiger partial charge >= 0.3 is 0 Å². The molecule has 104 valence electrons. The second-order valence-electron chi connectivity index (χ2n) is 5.27. The predicted octanol–water partition coefficient (Wildman–Crippen LogP) is -0.0809. The van der Waals surface area contributed by atoms with E-state index in [1.54, 1.807) is 0 Å². The Balaban J connectivity index is 1.54. The highest BCUT2D eigenvalue weighted by Gasteiger charge is 2.19. The van der Waals surface area contributed by atoms with Crippen LogP contribution in [0.4, 0.5) is 0 Å². The van der Waals surface area contributed by atoms with Crippen LogP contribution in [-0.2, 0) is 9.53 Å². The number of carbonyl (C=O) groups is 1. The fourth-order valence-electron chi connectivity index (χ4n) is 2.48. The van der Waals surface area contributed by atoms with Crippen molar-refractivity contribution in [3.05, 3.63) is 0 Å². The molecule has 0 aliphatic carbocycles. The number of ether oxygens (including phenoxy) is 1. The van der Waals surface area contributed by atoms with Crippen molar-refractivity contribution in [2.45, 2.75) is 25.4 Å². The highest BCUT2D eigenvalue weighted by Crippen LogP contribution is 2.10. The Labute approximate surface area is 109 Å². The van der Waals surface area contributed by atoms with E-state index in [2.05, 4.69) is 17.3 Å². The standard InChI is InChI=1S/C13H25N3O2/c1-15-6-8-16(9-7-15)13(17)4-5-14-11-12-3-2-10-18-12/h12,14H,2-11H2,1H3. The molecular weight excluding hydrogens is 230 g/mol. The van der Waals surface area contributed by atoms with Gasteiger partial charge in [-0.1, -0.05) is 0 Å². The molecule has 2 aliphatic heterocycles. The van der Waals surface area contributed by atoms with Crippen LogP contribution >= 0.6 is 0 Å². The number of rotatable bonds is 5. The summed E-state index contributed by atoms with van der Waals surface area (Å²) >= 11 is 0. The van der Waals surface area contributed by atoms with Gasteiger partial charge in [0.1, 0.15) is 0 Å². The van der Waals surface area contributed by atoms with Crippen LogP contribution < -0.4 is 5.32 Å². The quantitative estimate of drug-likeness (QED) is 0.698. The van der Waals surface area contributed by atoms with E-state index in [0.29, 0.717) is 12.5 Å². The van der Waals surface area contributed by atoms with Gasteiger partial charge in [0, 0.05) is 52.3 Å². The normalized spacial score (nSPS) is 25.6. The molecule has 2 saturated heterocycles. The molecule has 0 aromatic carbocycles. The van der Waals surface area contributed by atoms with Gasteiger partial charge in [0.2, 0.25) is 5.91 Å². The van der Waals surface area contributed by atoms with E-state index in [1.165, 1.54) is 6.42 Å². The molecule has 1 atom stereocenters. The summed E-state index contributed by atoms with van der Waals surface area (Å²) in [5.41, 5.74) is 0. The molecule has 0 aromatic heterocycles. The summed E-state index contributed by atoms with van der Waals surface area (Å²) < 4.78 is 5.52. The van der Waals surface area contributed by atoms with Gasteiger partial charge in [-0.15, -0.1) is 0 Å². The number of nitrogens with one attached hydrogen (secondary N) is 1. The minimum atomic E-state index is 0.281. The van der Waals surface area contributed by atoms with Crippen molar-refractivity contribution in [3.63, 3.8) is 0 Å². The van der Waals surface area contributed by atoms with Gasteiger partial charge < -0.3 is 19.9 Å². The molecule has 1 amide bonds. The first kappa shape index (κ1) is 13.8. The minimum absolute atomic E-state index is 0.281. The van der Waals surface area contributed by atoms with E-state index < -0.39 is 0 Å². The summed E-state index contributed by atoms with van der Waals surface area (Å²) in [5, 5.41) is 3.32. The summed E-state index contributed by atoms with van der Waals surface area (Å²) in [6, 6.07) is 0. The Hall–Kier alpha value is -0.650. The fourth-order valence-corrected chi connectivity index (χ4v) is 2.48. The van der Waals surface area contributed by atoms with Crippen LogP contribution in [0, 0.1) is 0 Å². The lowest BCUT2D eigenvalue weighted by atomic mass is 10.2. The average molecular weight is 255 g/mol. The molecule has 2 rings (SSSR count). The highest BCUT2D eigenvalue weighted by atomic mass is 16.5. The van der Waals surface area contributed by atoms with E-state index in [9.17, 15) is 4.79 Å². The zero-order valence-electron chi connectivity index (χ0n) is 11.4. The smallest absolute Gasteiger partial charge is 0.223 e. The number of hydrogen-bond donors (Lipinski definition) is 1. The van der Waals surface area contributed by atoms with Gasteiger partial charge in [-0.25, -0.2) is 0 Å². The molecular formula is C13H25N3O2. The van der Waals surface area contributed by atoms with Gasteiger partial charge in [0.05, 0.1) is 6.10 Å². The Morgan fingerprint density at radius 1 is 1.33 bits per heavy atom. The van der Waals surface area contributed by atoms with Crippen LogP contribution in [-0.4, -0.2) is 74.7 Å². The predicted molar refractivity (Wildman–Crippen MR) is 70.5 cm³/mol.